The summed E-state index contributed by atoms with van der Waals surface area (Å²) >= 11 is 0. The summed E-state index contributed by atoms with van der Waals surface area (Å²) in [4.78, 5) is 11.6. The van der Waals surface area contributed by atoms with Crippen LogP contribution in [0.4, 0.5) is 0 Å². The predicted molar refractivity (Wildman–Crippen MR) is 76.6 cm³/mol. The van der Waals surface area contributed by atoms with Crippen molar-refractivity contribution in [2.24, 2.45) is 0 Å². The van der Waals surface area contributed by atoms with Crippen molar-refractivity contribution in [3.05, 3.63) is 29.8 Å². The van der Waals surface area contributed by atoms with Crippen LogP contribution in [0, 0.1) is 0 Å². The summed E-state index contributed by atoms with van der Waals surface area (Å²) < 4.78 is 36.4. The summed E-state index contributed by atoms with van der Waals surface area (Å²) in [6, 6.07) is 5.91. The molecule has 0 N–H and O–H groups in total. The number of carbonyl (C=O) groups excluding carboxylic acids is 1. The minimum atomic E-state index is -3.59. The van der Waals surface area contributed by atoms with Crippen molar-refractivity contribution in [1.29, 1.82) is 0 Å². The summed E-state index contributed by atoms with van der Waals surface area (Å²) in [6.45, 7) is 0.840. The van der Waals surface area contributed by atoms with E-state index in [4.69, 9.17) is 4.74 Å². The molecule has 116 valence electrons. The fourth-order valence-corrected chi connectivity index (χ4v) is 3.87. The maximum absolute atomic E-state index is 12.6. The number of ether oxygens (including phenoxy) is 2. The van der Waals surface area contributed by atoms with Crippen LogP contribution in [0.1, 0.15) is 23.2 Å². The van der Waals surface area contributed by atoms with Gasteiger partial charge in [-0.2, -0.15) is 4.31 Å². The van der Waals surface area contributed by atoms with E-state index in [9.17, 15) is 13.2 Å². The Morgan fingerprint density at radius 1 is 1.24 bits per heavy atom. The van der Waals surface area contributed by atoms with Gasteiger partial charge in [0.1, 0.15) is 0 Å². The standard InChI is InChI=1S/C14H19NO5S/c1-19-12-6-8-15(9-7-12)21(17,18)13-5-3-4-11(10-13)14(16)20-2/h3-5,10,12H,6-9H2,1-2H3. The van der Waals surface area contributed by atoms with E-state index in [1.807, 2.05) is 0 Å². The van der Waals surface area contributed by atoms with Crippen molar-refractivity contribution in [2.75, 3.05) is 27.3 Å². The van der Waals surface area contributed by atoms with Crippen molar-refractivity contribution in [1.82, 2.24) is 4.31 Å². The van der Waals surface area contributed by atoms with Gasteiger partial charge in [-0.05, 0) is 31.0 Å². The van der Waals surface area contributed by atoms with E-state index in [1.54, 1.807) is 13.2 Å². The van der Waals surface area contributed by atoms with E-state index in [1.165, 1.54) is 29.6 Å². The number of rotatable bonds is 4. The number of benzene rings is 1. The maximum Gasteiger partial charge on any atom is 0.337 e. The Hall–Kier alpha value is -1.44. The molecule has 1 aliphatic heterocycles. The fraction of sp³-hybridized carbons (Fsp3) is 0.500. The average molecular weight is 313 g/mol. The van der Waals surface area contributed by atoms with Crippen LogP contribution < -0.4 is 0 Å². The zero-order valence-electron chi connectivity index (χ0n) is 12.1. The van der Waals surface area contributed by atoms with Crippen molar-refractivity contribution in [3.63, 3.8) is 0 Å². The molecular formula is C14H19NO5S. The topological polar surface area (TPSA) is 72.9 Å². The third kappa shape index (κ3) is 3.42. The molecule has 6 nitrogen and oxygen atoms in total. The van der Waals surface area contributed by atoms with Crippen molar-refractivity contribution in [2.45, 2.75) is 23.8 Å². The summed E-state index contributed by atoms with van der Waals surface area (Å²) in [6.07, 6.45) is 1.46. The van der Waals surface area contributed by atoms with Crippen LogP contribution in [0.5, 0.6) is 0 Å². The molecule has 0 aromatic heterocycles. The smallest absolute Gasteiger partial charge is 0.337 e. The highest BCUT2D eigenvalue weighted by atomic mass is 32.2. The molecule has 1 fully saturated rings. The molecule has 1 aromatic carbocycles. The molecule has 0 radical (unpaired) electrons. The quantitative estimate of drug-likeness (QED) is 0.783. The number of hydrogen-bond donors (Lipinski definition) is 0. The molecule has 0 saturated carbocycles. The first-order valence-electron chi connectivity index (χ1n) is 6.70. The summed E-state index contributed by atoms with van der Waals surface area (Å²) in [5.74, 6) is -0.551. The Morgan fingerprint density at radius 2 is 1.90 bits per heavy atom. The van der Waals surface area contributed by atoms with Gasteiger partial charge >= 0.3 is 5.97 Å². The zero-order chi connectivity index (χ0) is 15.5. The molecule has 1 heterocycles. The Balaban J connectivity index is 2.22. The number of hydrogen-bond acceptors (Lipinski definition) is 5. The van der Waals surface area contributed by atoms with E-state index in [-0.39, 0.29) is 16.6 Å². The first-order valence-corrected chi connectivity index (χ1v) is 8.14. The normalized spacial score (nSPS) is 17.6. The molecule has 0 aliphatic carbocycles. The third-order valence-corrected chi connectivity index (χ3v) is 5.52. The van der Waals surface area contributed by atoms with Crippen LogP contribution in [0.3, 0.4) is 0 Å². The molecule has 0 atom stereocenters. The monoisotopic (exact) mass is 313 g/mol. The van der Waals surface area contributed by atoms with Crippen molar-refractivity contribution >= 4 is 16.0 Å². The molecule has 1 saturated heterocycles. The molecule has 0 bridgehead atoms. The minimum Gasteiger partial charge on any atom is -0.465 e. The lowest BCUT2D eigenvalue weighted by molar-refractivity contribution is 0.0600. The highest BCUT2D eigenvalue weighted by Crippen LogP contribution is 2.22. The molecule has 0 amide bonds. The third-order valence-electron chi connectivity index (χ3n) is 3.63. The fourth-order valence-electron chi connectivity index (χ4n) is 2.36. The van der Waals surface area contributed by atoms with Crippen molar-refractivity contribution in [3.8, 4) is 0 Å². The molecule has 0 unspecified atom stereocenters. The highest BCUT2D eigenvalue weighted by molar-refractivity contribution is 7.89. The number of esters is 1. The molecule has 0 spiro atoms. The highest BCUT2D eigenvalue weighted by Gasteiger charge is 2.29. The van der Waals surface area contributed by atoms with Gasteiger partial charge < -0.3 is 9.47 Å². The van der Waals surface area contributed by atoms with Gasteiger partial charge in [0, 0.05) is 20.2 Å². The van der Waals surface area contributed by atoms with Gasteiger partial charge in [-0.3, -0.25) is 0 Å². The molecule has 7 heteroatoms. The Labute approximate surface area is 124 Å². The number of sulfonamides is 1. The van der Waals surface area contributed by atoms with Gasteiger partial charge in [0.05, 0.1) is 23.7 Å². The van der Waals surface area contributed by atoms with Gasteiger partial charge in [-0.25, -0.2) is 13.2 Å². The lowest BCUT2D eigenvalue weighted by atomic mass is 10.1. The molecular weight excluding hydrogens is 294 g/mol. The van der Waals surface area contributed by atoms with Crippen LogP contribution in [0.25, 0.3) is 0 Å². The Kier molecular flexibility index (Phi) is 4.97. The van der Waals surface area contributed by atoms with E-state index in [0.717, 1.165) is 0 Å². The molecule has 1 aliphatic rings. The van der Waals surface area contributed by atoms with Crippen molar-refractivity contribution < 1.29 is 22.7 Å². The van der Waals surface area contributed by atoms with Gasteiger partial charge in [-0.15, -0.1) is 0 Å². The number of carbonyl (C=O) groups is 1. The molecule has 21 heavy (non-hydrogen) atoms. The Bertz CT molecular complexity index is 606. The molecule has 2 rings (SSSR count). The lowest BCUT2D eigenvalue weighted by Gasteiger charge is -2.30. The first kappa shape index (κ1) is 15.9. The van der Waals surface area contributed by atoms with Crippen LogP contribution in [0.2, 0.25) is 0 Å². The van der Waals surface area contributed by atoms with E-state index in [2.05, 4.69) is 4.74 Å². The second-order valence-electron chi connectivity index (χ2n) is 4.86. The van der Waals surface area contributed by atoms with E-state index in [0.29, 0.717) is 25.9 Å². The van der Waals surface area contributed by atoms with Crippen LogP contribution in [-0.4, -0.2) is 52.1 Å². The number of piperidine rings is 1. The molecule has 1 aromatic rings. The summed E-state index contributed by atoms with van der Waals surface area (Å²) in [5.41, 5.74) is 0.227. The van der Waals surface area contributed by atoms with Gasteiger partial charge in [-0.1, -0.05) is 6.07 Å². The predicted octanol–water partition coefficient (Wildman–Crippen LogP) is 1.27. The largest absolute Gasteiger partial charge is 0.465 e. The Morgan fingerprint density at radius 3 is 2.48 bits per heavy atom. The second kappa shape index (κ2) is 6.55. The van der Waals surface area contributed by atoms with Gasteiger partial charge in [0.2, 0.25) is 10.0 Å². The average Bonchev–Trinajstić information content (AvgIpc) is 2.54. The van der Waals surface area contributed by atoms with Crippen LogP contribution in [0.15, 0.2) is 29.2 Å². The number of methoxy groups -OCH3 is 2. The van der Waals surface area contributed by atoms with Gasteiger partial charge in [0.15, 0.2) is 0 Å². The maximum atomic E-state index is 12.6. The summed E-state index contributed by atoms with van der Waals surface area (Å²) in [5, 5.41) is 0. The summed E-state index contributed by atoms with van der Waals surface area (Å²) in [7, 11) is -0.691. The lowest BCUT2D eigenvalue weighted by Crippen LogP contribution is -2.40. The van der Waals surface area contributed by atoms with Crippen LogP contribution in [-0.2, 0) is 19.5 Å². The van der Waals surface area contributed by atoms with E-state index >= 15 is 0 Å². The number of nitrogens with zero attached hydrogens (tertiary/aromatic N) is 1. The SMILES string of the molecule is COC(=O)c1cccc(S(=O)(=O)N2CCC(OC)CC2)c1. The van der Waals surface area contributed by atoms with Crippen LogP contribution >= 0.6 is 0 Å². The van der Waals surface area contributed by atoms with Gasteiger partial charge in [0.25, 0.3) is 0 Å². The minimum absolute atomic E-state index is 0.109. The second-order valence-corrected chi connectivity index (χ2v) is 6.80. The van der Waals surface area contributed by atoms with E-state index < -0.39 is 16.0 Å². The first-order chi connectivity index (χ1) is 9.98. The zero-order valence-corrected chi connectivity index (χ0v) is 12.9.